The maximum atomic E-state index is 12.8. The van der Waals surface area contributed by atoms with Crippen molar-refractivity contribution >= 4 is 35.2 Å². The Balaban J connectivity index is 1.74. The SMILES string of the molecule is CC(C)(C)C(=Nc1c(Nc2cccc(P(C)(C)=O)c2O)c(O)n(-c2ccccc2)c1O)c1ccc2c(c1)OCO2. The summed E-state index contributed by atoms with van der Waals surface area (Å²) in [5, 5.41) is 37.3. The number of nitrogens with zero attached hydrogens (tertiary/aromatic N) is 2. The number of phenols is 1. The van der Waals surface area contributed by atoms with E-state index in [1.807, 2.05) is 45.0 Å². The van der Waals surface area contributed by atoms with Crippen molar-refractivity contribution in [2.75, 3.05) is 25.4 Å². The van der Waals surface area contributed by atoms with E-state index in [9.17, 15) is 19.9 Å². The van der Waals surface area contributed by atoms with E-state index in [2.05, 4.69) is 5.32 Å². The second kappa shape index (κ2) is 9.99. The Hall–Kier alpha value is -4.36. The molecule has 2 heterocycles. The van der Waals surface area contributed by atoms with Gasteiger partial charge in [-0.2, -0.15) is 0 Å². The summed E-state index contributed by atoms with van der Waals surface area (Å²) in [5.74, 6) is 0.397. The van der Waals surface area contributed by atoms with Crippen LogP contribution in [0.4, 0.5) is 17.1 Å². The van der Waals surface area contributed by atoms with Crippen LogP contribution in [0.15, 0.2) is 71.7 Å². The van der Waals surface area contributed by atoms with Gasteiger partial charge in [0.05, 0.1) is 22.4 Å². The van der Waals surface area contributed by atoms with Crippen molar-refractivity contribution in [2.45, 2.75) is 20.8 Å². The number of benzene rings is 3. The van der Waals surface area contributed by atoms with E-state index < -0.39 is 12.6 Å². The molecule has 0 saturated heterocycles. The van der Waals surface area contributed by atoms with E-state index in [4.69, 9.17) is 14.5 Å². The fraction of sp³-hybridized carbons (Fsp3) is 0.233. The molecule has 4 N–H and O–H groups in total. The first kappa shape index (κ1) is 27.2. The summed E-state index contributed by atoms with van der Waals surface area (Å²) in [5.41, 5.74) is 1.70. The highest BCUT2D eigenvalue weighted by molar-refractivity contribution is 7.70. The van der Waals surface area contributed by atoms with Crippen molar-refractivity contribution in [3.8, 4) is 34.7 Å². The van der Waals surface area contributed by atoms with Gasteiger partial charge in [-0.3, -0.25) is 0 Å². The second-order valence-electron chi connectivity index (χ2n) is 11.0. The molecule has 0 unspecified atom stereocenters. The summed E-state index contributed by atoms with van der Waals surface area (Å²) in [7, 11) is -2.81. The number of aliphatic imine (C=N–C) groups is 1. The summed E-state index contributed by atoms with van der Waals surface area (Å²) in [6.07, 6.45) is 0. The Labute approximate surface area is 232 Å². The quantitative estimate of drug-likeness (QED) is 0.121. The first-order valence-electron chi connectivity index (χ1n) is 12.7. The van der Waals surface area contributed by atoms with Crippen LogP contribution in [-0.2, 0) is 4.57 Å². The molecule has 40 heavy (non-hydrogen) atoms. The molecule has 9 nitrogen and oxygen atoms in total. The van der Waals surface area contributed by atoms with Crippen molar-refractivity contribution < 1.29 is 29.4 Å². The first-order chi connectivity index (χ1) is 18.9. The van der Waals surface area contributed by atoms with Gasteiger partial charge in [-0.25, -0.2) is 9.56 Å². The number of anilines is 2. The monoisotopic (exact) mass is 561 g/mol. The molecule has 1 aliphatic rings. The van der Waals surface area contributed by atoms with E-state index in [-0.39, 0.29) is 41.4 Å². The smallest absolute Gasteiger partial charge is 0.231 e. The lowest BCUT2D eigenvalue weighted by atomic mass is 9.85. The molecule has 10 heteroatoms. The Kier molecular flexibility index (Phi) is 6.80. The van der Waals surface area contributed by atoms with Gasteiger partial charge in [0.2, 0.25) is 18.6 Å². The molecule has 5 rings (SSSR count). The number of aromatic nitrogens is 1. The van der Waals surface area contributed by atoms with Crippen LogP contribution in [0.5, 0.6) is 29.0 Å². The zero-order valence-corrected chi connectivity index (χ0v) is 23.9. The van der Waals surface area contributed by atoms with Crippen LogP contribution in [0, 0.1) is 5.41 Å². The highest BCUT2D eigenvalue weighted by Crippen LogP contribution is 2.50. The molecular formula is C30H32N3O6P. The van der Waals surface area contributed by atoms with Crippen LogP contribution in [0.1, 0.15) is 26.3 Å². The van der Waals surface area contributed by atoms with Crippen LogP contribution in [0.25, 0.3) is 5.69 Å². The number of phenolic OH excluding ortho intramolecular Hbond substituents is 1. The van der Waals surface area contributed by atoms with Crippen LogP contribution in [0.3, 0.4) is 0 Å². The third-order valence-corrected chi connectivity index (χ3v) is 8.07. The van der Waals surface area contributed by atoms with Crippen LogP contribution >= 0.6 is 7.14 Å². The van der Waals surface area contributed by atoms with Gasteiger partial charge in [-0.05, 0) is 55.8 Å². The molecule has 4 aromatic rings. The predicted molar refractivity (Wildman–Crippen MR) is 158 cm³/mol. The molecule has 0 bridgehead atoms. The van der Waals surface area contributed by atoms with Crippen LogP contribution in [0.2, 0.25) is 0 Å². The van der Waals surface area contributed by atoms with Gasteiger partial charge in [-0.1, -0.05) is 45.0 Å². The van der Waals surface area contributed by atoms with Crippen molar-refractivity contribution in [3.05, 3.63) is 72.3 Å². The highest BCUT2D eigenvalue weighted by atomic mass is 31.2. The number of fused-ring (bicyclic) bond motifs is 1. The molecule has 0 aliphatic carbocycles. The lowest BCUT2D eigenvalue weighted by molar-refractivity contribution is 0.174. The fourth-order valence-corrected chi connectivity index (χ4v) is 5.68. The maximum Gasteiger partial charge on any atom is 0.231 e. The molecule has 0 saturated carbocycles. The lowest BCUT2D eigenvalue weighted by Gasteiger charge is -2.22. The minimum atomic E-state index is -2.81. The molecule has 1 aromatic heterocycles. The Bertz CT molecular complexity index is 1670. The third kappa shape index (κ3) is 5.00. The zero-order chi connectivity index (χ0) is 28.8. The fourth-order valence-electron chi connectivity index (χ4n) is 4.60. The summed E-state index contributed by atoms with van der Waals surface area (Å²) < 4.78 is 25.1. The normalized spacial score (nSPS) is 13.5. The summed E-state index contributed by atoms with van der Waals surface area (Å²) in [6.45, 7) is 9.24. The Morgan fingerprint density at radius 1 is 0.925 bits per heavy atom. The van der Waals surface area contributed by atoms with Gasteiger partial charge in [0, 0.05) is 11.0 Å². The number of hydrogen-bond donors (Lipinski definition) is 4. The number of para-hydroxylation sites is 2. The van der Waals surface area contributed by atoms with Crippen LogP contribution in [-0.4, -0.2) is 45.7 Å². The van der Waals surface area contributed by atoms with Gasteiger partial charge in [-0.15, -0.1) is 0 Å². The molecule has 1 aliphatic heterocycles. The number of hydrogen-bond acceptors (Lipinski definition) is 8. The number of rotatable bonds is 6. The maximum absolute atomic E-state index is 12.8. The van der Waals surface area contributed by atoms with Crippen molar-refractivity contribution in [1.82, 2.24) is 4.57 Å². The topological polar surface area (TPSA) is 126 Å². The molecule has 3 aromatic carbocycles. The minimum absolute atomic E-state index is 0.0601. The number of aromatic hydroxyl groups is 3. The summed E-state index contributed by atoms with van der Waals surface area (Å²) >= 11 is 0. The number of nitrogens with one attached hydrogen (secondary N) is 1. The molecule has 0 amide bonds. The average molecular weight is 562 g/mol. The molecular weight excluding hydrogens is 529 g/mol. The Morgan fingerprint density at radius 3 is 2.30 bits per heavy atom. The molecule has 0 fully saturated rings. The standard InChI is InChI=1S/C30H32N3O6P/c1-30(2,3)27(18-14-15-21-22(16-18)39-17-38-21)32-25-24(28(35)33(29(25)36)19-10-7-6-8-11-19)31-20-12-9-13-23(26(20)34)40(4,5)37/h6-16,31,34-36H,17H2,1-5H3. The van der Waals surface area contributed by atoms with Gasteiger partial charge >= 0.3 is 0 Å². The highest BCUT2D eigenvalue weighted by Gasteiger charge is 2.29. The summed E-state index contributed by atoms with van der Waals surface area (Å²) in [6, 6.07) is 19.2. The second-order valence-corrected chi connectivity index (χ2v) is 14.2. The zero-order valence-electron chi connectivity index (χ0n) is 23.0. The van der Waals surface area contributed by atoms with Crippen LogP contribution < -0.4 is 20.1 Å². The first-order valence-corrected chi connectivity index (χ1v) is 15.3. The van der Waals surface area contributed by atoms with Crippen molar-refractivity contribution in [1.29, 1.82) is 0 Å². The van der Waals surface area contributed by atoms with E-state index in [0.717, 1.165) is 5.56 Å². The third-order valence-electron chi connectivity index (χ3n) is 6.54. The minimum Gasteiger partial charge on any atom is -0.505 e. The van der Waals surface area contributed by atoms with Gasteiger partial charge in [0.25, 0.3) is 0 Å². The van der Waals surface area contributed by atoms with Gasteiger partial charge in [0.15, 0.2) is 17.2 Å². The molecule has 0 spiro atoms. The van der Waals surface area contributed by atoms with E-state index in [1.165, 1.54) is 4.57 Å². The molecule has 0 atom stereocenters. The molecule has 0 radical (unpaired) electrons. The van der Waals surface area contributed by atoms with Crippen molar-refractivity contribution in [3.63, 3.8) is 0 Å². The average Bonchev–Trinajstić information content (AvgIpc) is 3.44. The van der Waals surface area contributed by atoms with Crippen molar-refractivity contribution in [2.24, 2.45) is 10.4 Å². The van der Waals surface area contributed by atoms with E-state index in [0.29, 0.717) is 28.2 Å². The lowest BCUT2D eigenvalue weighted by Crippen LogP contribution is -2.21. The van der Waals surface area contributed by atoms with E-state index >= 15 is 0 Å². The largest absolute Gasteiger partial charge is 0.505 e. The predicted octanol–water partition coefficient (Wildman–Crippen LogP) is 6.48. The molecule has 208 valence electrons. The van der Waals surface area contributed by atoms with Gasteiger partial charge < -0.3 is 34.7 Å². The number of ether oxygens (including phenoxy) is 2. The van der Waals surface area contributed by atoms with Gasteiger partial charge in [0.1, 0.15) is 18.6 Å². The summed E-state index contributed by atoms with van der Waals surface area (Å²) in [4.78, 5) is 4.92. The van der Waals surface area contributed by atoms with E-state index in [1.54, 1.807) is 55.8 Å². The Morgan fingerprint density at radius 2 is 1.62 bits per heavy atom.